The van der Waals surface area contributed by atoms with E-state index < -0.39 is 0 Å². The molecule has 8 heteroatoms. The zero-order chi connectivity index (χ0) is 15.8. The summed E-state index contributed by atoms with van der Waals surface area (Å²) < 4.78 is 7.82. The molecule has 0 aliphatic carbocycles. The van der Waals surface area contributed by atoms with Crippen molar-refractivity contribution in [1.82, 2.24) is 29.7 Å². The van der Waals surface area contributed by atoms with Crippen molar-refractivity contribution in [2.24, 2.45) is 0 Å². The highest BCUT2D eigenvalue weighted by atomic mass is 16.5. The Hall–Kier alpha value is -2.48. The zero-order valence-electron chi connectivity index (χ0n) is 13.2. The molecule has 1 aliphatic heterocycles. The molecule has 8 nitrogen and oxygen atoms in total. The molecule has 0 bridgehead atoms. The van der Waals surface area contributed by atoms with Gasteiger partial charge in [-0.05, 0) is 19.9 Å². The van der Waals surface area contributed by atoms with Gasteiger partial charge in [0.25, 0.3) is 0 Å². The molecule has 1 N–H and O–H groups in total. The second kappa shape index (κ2) is 5.62. The number of aryl methyl sites for hydroxylation is 2. The molecule has 23 heavy (non-hydrogen) atoms. The largest absolute Gasteiger partial charge is 0.373 e. The van der Waals surface area contributed by atoms with Gasteiger partial charge in [0, 0.05) is 19.3 Å². The van der Waals surface area contributed by atoms with Gasteiger partial charge in [0.05, 0.1) is 24.6 Å². The third-order valence-corrected chi connectivity index (χ3v) is 4.11. The Morgan fingerprint density at radius 2 is 2.26 bits per heavy atom. The molecule has 3 aromatic rings. The van der Waals surface area contributed by atoms with Crippen LogP contribution in [-0.4, -0.2) is 55.5 Å². The van der Waals surface area contributed by atoms with Crippen LogP contribution in [-0.2, 0) is 11.3 Å². The second-order valence-corrected chi connectivity index (χ2v) is 5.76. The number of rotatable bonds is 3. The summed E-state index contributed by atoms with van der Waals surface area (Å²) in [5, 5.41) is 5.46. The Morgan fingerprint density at radius 3 is 3.09 bits per heavy atom. The van der Waals surface area contributed by atoms with E-state index >= 15 is 0 Å². The van der Waals surface area contributed by atoms with Gasteiger partial charge in [0.1, 0.15) is 29.4 Å². The Labute approximate surface area is 133 Å². The van der Waals surface area contributed by atoms with Crippen LogP contribution >= 0.6 is 0 Å². The predicted molar refractivity (Wildman–Crippen MR) is 85.3 cm³/mol. The van der Waals surface area contributed by atoms with Gasteiger partial charge in [0.15, 0.2) is 0 Å². The van der Waals surface area contributed by atoms with E-state index in [9.17, 15) is 0 Å². The molecule has 3 aromatic heterocycles. The van der Waals surface area contributed by atoms with Crippen molar-refractivity contribution in [3.8, 4) is 0 Å². The molecule has 4 rings (SSSR count). The number of H-pyrrole nitrogens is 1. The maximum atomic E-state index is 5.91. The first-order valence-corrected chi connectivity index (χ1v) is 7.73. The smallest absolute Gasteiger partial charge is 0.147 e. The third-order valence-electron chi connectivity index (χ3n) is 4.11. The lowest BCUT2D eigenvalue weighted by Crippen LogP contribution is -2.45. The van der Waals surface area contributed by atoms with Gasteiger partial charge in [-0.1, -0.05) is 0 Å². The van der Waals surface area contributed by atoms with E-state index in [-0.39, 0.29) is 6.10 Å². The highest BCUT2D eigenvalue weighted by molar-refractivity contribution is 5.87. The molecular formula is C15H19N7O. The standard InChI is InChI=1S/C15H19N7O/c1-10-19-11(2)22(20-10)8-12-7-21(5-6-23-12)15-13-3-4-16-14(13)17-9-18-15/h3-4,9,12H,5-8H2,1-2H3,(H,16,17,18). The molecule has 0 aromatic carbocycles. The summed E-state index contributed by atoms with van der Waals surface area (Å²) in [5.41, 5.74) is 0.862. The van der Waals surface area contributed by atoms with Crippen LogP contribution < -0.4 is 4.90 Å². The lowest BCUT2D eigenvalue weighted by Gasteiger charge is -2.34. The molecule has 1 aliphatic rings. The first kappa shape index (κ1) is 14.1. The summed E-state index contributed by atoms with van der Waals surface area (Å²) in [5.74, 6) is 2.66. The number of fused-ring (bicyclic) bond motifs is 1. The van der Waals surface area contributed by atoms with Gasteiger partial charge in [-0.15, -0.1) is 0 Å². The molecule has 0 saturated carbocycles. The number of ether oxygens (including phenoxy) is 1. The quantitative estimate of drug-likeness (QED) is 0.778. The van der Waals surface area contributed by atoms with Crippen molar-refractivity contribution < 1.29 is 4.74 Å². The molecule has 1 atom stereocenters. The molecule has 0 radical (unpaired) electrons. The number of nitrogens with zero attached hydrogens (tertiary/aromatic N) is 6. The first-order chi connectivity index (χ1) is 11.2. The summed E-state index contributed by atoms with van der Waals surface area (Å²) in [6.45, 7) is 6.84. The Morgan fingerprint density at radius 1 is 1.35 bits per heavy atom. The SMILES string of the molecule is Cc1nc(C)n(CC2CN(c3ncnc4[nH]ccc34)CCO2)n1. The number of aromatic nitrogens is 6. The van der Waals surface area contributed by atoms with Crippen molar-refractivity contribution in [2.45, 2.75) is 26.5 Å². The monoisotopic (exact) mass is 313 g/mol. The first-order valence-electron chi connectivity index (χ1n) is 7.73. The fraction of sp³-hybridized carbons (Fsp3) is 0.467. The molecular weight excluding hydrogens is 294 g/mol. The highest BCUT2D eigenvalue weighted by Crippen LogP contribution is 2.24. The lowest BCUT2D eigenvalue weighted by atomic mass is 10.2. The Balaban J connectivity index is 1.55. The van der Waals surface area contributed by atoms with E-state index in [1.807, 2.05) is 30.8 Å². The van der Waals surface area contributed by atoms with Gasteiger partial charge >= 0.3 is 0 Å². The number of anilines is 1. The number of hydrogen-bond acceptors (Lipinski definition) is 6. The predicted octanol–water partition coefficient (Wildman–Crippen LogP) is 1.07. The van der Waals surface area contributed by atoms with E-state index in [1.54, 1.807) is 6.33 Å². The number of aromatic amines is 1. The lowest BCUT2D eigenvalue weighted by molar-refractivity contribution is 0.0268. The van der Waals surface area contributed by atoms with Crippen molar-refractivity contribution in [3.63, 3.8) is 0 Å². The summed E-state index contributed by atoms with van der Waals surface area (Å²) in [7, 11) is 0. The Kier molecular flexibility index (Phi) is 3.45. The van der Waals surface area contributed by atoms with Crippen LogP contribution in [0.3, 0.4) is 0 Å². The average molecular weight is 313 g/mol. The van der Waals surface area contributed by atoms with E-state index in [0.717, 1.165) is 41.6 Å². The second-order valence-electron chi connectivity index (χ2n) is 5.76. The summed E-state index contributed by atoms with van der Waals surface area (Å²) in [6.07, 6.45) is 3.55. The molecule has 4 heterocycles. The van der Waals surface area contributed by atoms with Gasteiger partial charge in [0.2, 0.25) is 0 Å². The average Bonchev–Trinajstić information content (AvgIpc) is 3.14. The minimum absolute atomic E-state index is 0.0625. The number of morpholine rings is 1. The van der Waals surface area contributed by atoms with Crippen LogP contribution in [0.1, 0.15) is 11.6 Å². The summed E-state index contributed by atoms with van der Waals surface area (Å²) in [6, 6.07) is 2.01. The highest BCUT2D eigenvalue weighted by Gasteiger charge is 2.24. The maximum absolute atomic E-state index is 5.91. The van der Waals surface area contributed by atoms with Gasteiger partial charge in [-0.3, -0.25) is 0 Å². The summed E-state index contributed by atoms with van der Waals surface area (Å²) in [4.78, 5) is 18.5. The zero-order valence-corrected chi connectivity index (χ0v) is 13.2. The van der Waals surface area contributed by atoms with Gasteiger partial charge in [-0.25, -0.2) is 19.6 Å². The fourth-order valence-electron chi connectivity index (χ4n) is 3.06. The number of hydrogen-bond donors (Lipinski definition) is 1. The van der Waals surface area contributed by atoms with Crippen LogP contribution in [0.2, 0.25) is 0 Å². The van der Waals surface area contributed by atoms with Gasteiger partial charge in [-0.2, -0.15) is 5.10 Å². The normalized spacial score (nSPS) is 18.7. The van der Waals surface area contributed by atoms with Crippen LogP contribution in [0.15, 0.2) is 18.6 Å². The minimum Gasteiger partial charge on any atom is -0.373 e. The van der Waals surface area contributed by atoms with E-state index in [0.29, 0.717) is 13.2 Å². The molecule has 1 saturated heterocycles. The van der Waals surface area contributed by atoms with E-state index in [2.05, 4.69) is 29.9 Å². The van der Waals surface area contributed by atoms with Crippen molar-refractivity contribution in [3.05, 3.63) is 30.2 Å². The van der Waals surface area contributed by atoms with Crippen molar-refractivity contribution >= 4 is 16.9 Å². The molecule has 1 fully saturated rings. The third kappa shape index (κ3) is 2.65. The maximum Gasteiger partial charge on any atom is 0.147 e. The van der Waals surface area contributed by atoms with Crippen LogP contribution in [0.25, 0.3) is 11.0 Å². The Bertz CT molecular complexity index is 824. The molecule has 0 amide bonds. The summed E-state index contributed by atoms with van der Waals surface area (Å²) >= 11 is 0. The van der Waals surface area contributed by atoms with Crippen LogP contribution in [0.4, 0.5) is 5.82 Å². The van der Waals surface area contributed by atoms with Crippen LogP contribution in [0.5, 0.6) is 0 Å². The molecule has 1 unspecified atom stereocenters. The molecule has 0 spiro atoms. The topological polar surface area (TPSA) is 84.8 Å². The van der Waals surface area contributed by atoms with Crippen molar-refractivity contribution in [2.75, 3.05) is 24.6 Å². The fourth-order valence-corrected chi connectivity index (χ4v) is 3.06. The van der Waals surface area contributed by atoms with Crippen molar-refractivity contribution in [1.29, 1.82) is 0 Å². The van der Waals surface area contributed by atoms with E-state index in [1.165, 1.54) is 0 Å². The van der Waals surface area contributed by atoms with Crippen LogP contribution in [0, 0.1) is 13.8 Å². The molecule has 120 valence electrons. The van der Waals surface area contributed by atoms with Gasteiger partial charge < -0.3 is 14.6 Å². The number of nitrogens with one attached hydrogen (secondary N) is 1. The van der Waals surface area contributed by atoms with E-state index in [4.69, 9.17) is 4.74 Å². The minimum atomic E-state index is 0.0625.